The number of benzene rings is 3. The summed E-state index contributed by atoms with van der Waals surface area (Å²) in [6.45, 7) is 15.4. The molecule has 45 nitrogen and oxygen atoms in total. The Labute approximate surface area is 769 Å². The van der Waals surface area contributed by atoms with Crippen LogP contribution in [0.2, 0.25) is 0 Å². The molecule has 0 saturated heterocycles. The molecule has 732 valence electrons. The van der Waals surface area contributed by atoms with Crippen LogP contribution in [0.15, 0.2) is 72.8 Å². The number of aromatic hydroxyl groups is 2. The van der Waals surface area contributed by atoms with Crippen LogP contribution in [0.25, 0.3) is 0 Å². The molecule has 0 unspecified atom stereocenters. The molecule has 3 rings (SSSR count). The number of nitrogens with one attached hydrogen (secondary N) is 21. The lowest BCUT2D eigenvalue weighted by molar-refractivity contribution is -0.138. The standard InChI is InChI=1S/C87H141N27O18/c1-10-13-14-15-16-17-38-101-87(97)102-46-54-24-30-55(31-25-54)73(122)104-58(21-18-39-98-84(91)92)74(123)103-50(8)72(121)109-64(44-53-28-34-57(117)35-29-53)80(129)112-68(48(6)11-2)81(130)111-65(45-67(89)119)78(127)110-63(42-47(4)5)79(128)113-69(49(7)12-3)82(131)114-70(51(9)115)83(132)107-60(23-20-41-100-86(95)96)75(124)106-61(36-37-66(88)118)77(126)105-59(22-19-40-99-85(93)94)76(125)108-62(71(90)120)43-52-26-32-56(116)33-27-52/h24-35,47-51,58-65,68-70,115-117H,10-23,36-46H2,1-9H3,(H2,88,118)(H2,89,119)(H2,90,120)(H,103,123)(H,104,122)(H,105,126)(H,106,124)(H,107,132)(H,108,125)(H,109,121)(H,110,127)(H,111,130)(H,112,129)(H,113,128)(H,114,131)(H4,91,92,98)(H4,93,94,99)(H4,95,96,100)(H3,97,101,102)/t48-,49-,50-,51+,58-,59-,60-,61-,62-,63-,64-,65-,68-,69-,70-/m0/s1. The van der Waals surface area contributed by atoms with Crippen molar-refractivity contribution in [2.24, 2.45) is 52.2 Å². The van der Waals surface area contributed by atoms with Crippen molar-refractivity contribution in [3.05, 3.63) is 95.1 Å². The van der Waals surface area contributed by atoms with Crippen molar-refractivity contribution in [1.29, 1.82) is 21.6 Å². The van der Waals surface area contributed by atoms with E-state index >= 15 is 0 Å². The highest BCUT2D eigenvalue weighted by Crippen LogP contribution is 2.19. The number of rotatable bonds is 62. The van der Waals surface area contributed by atoms with E-state index in [0.717, 1.165) is 38.2 Å². The Kier molecular flexibility index (Phi) is 50.8. The zero-order valence-corrected chi connectivity index (χ0v) is 76.8. The van der Waals surface area contributed by atoms with Gasteiger partial charge >= 0.3 is 0 Å². The first-order valence-corrected chi connectivity index (χ1v) is 44.5. The van der Waals surface area contributed by atoms with Gasteiger partial charge in [-0.1, -0.05) is 130 Å². The smallest absolute Gasteiger partial charge is 0.251 e. The second kappa shape index (κ2) is 59.5. The number of carbonyl (C=O) groups excluding carboxylic acids is 15. The average Bonchev–Trinajstić information content (AvgIpc) is 0.834. The molecule has 0 aliphatic heterocycles. The number of carbonyl (C=O) groups is 15. The molecule has 0 saturated carbocycles. The van der Waals surface area contributed by atoms with Gasteiger partial charge in [0.25, 0.3) is 5.91 Å². The van der Waals surface area contributed by atoms with E-state index in [2.05, 4.69) is 97.3 Å². The molecule has 0 aliphatic rings. The molecule has 0 aromatic heterocycles. The fourth-order valence-corrected chi connectivity index (χ4v) is 13.5. The number of amides is 15. The quantitative estimate of drug-likeness (QED) is 0.0152. The molecule has 0 bridgehead atoms. The number of aliphatic hydroxyl groups is 1. The van der Waals surface area contributed by atoms with Gasteiger partial charge in [-0.15, -0.1) is 0 Å². The van der Waals surface area contributed by atoms with E-state index in [1.165, 1.54) is 68.3 Å². The van der Waals surface area contributed by atoms with Gasteiger partial charge in [0, 0.05) is 57.5 Å². The Bertz CT molecular complexity index is 4330. The van der Waals surface area contributed by atoms with E-state index in [0.29, 0.717) is 17.7 Å². The Balaban J connectivity index is 1.93. The number of unbranched alkanes of at least 4 members (excludes halogenated alkanes) is 5. The van der Waals surface area contributed by atoms with Crippen LogP contribution < -0.4 is 125 Å². The first-order valence-electron chi connectivity index (χ1n) is 44.5. The van der Waals surface area contributed by atoms with Crippen molar-refractivity contribution >= 4 is 112 Å². The van der Waals surface area contributed by atoms with Crippen LogP contribution in [0, 0.1) is 39.4 Å². The van der Waals surface area contributed by atoms with Gasteiger partial charge in [-0.2, -0.15) is 0 Å². The van der Waals surface area contributed by atoms with Crippen molar-refractivity contribution in [3.8, 4) is 11.5 Å². The van der Waals surface area contributed by atoms with E-state index in [-0.39, 0.29) is 126 Å². The fourth-order valence-electron chi connectivity index (χ4n) is 13.5. The van der Waals surface area contributed by atoms with Crippen LogP contribution in [0.4, 0.5) is 0 Å². The molecule has 0 heterocycles. The monoisotopic (exact) mass is 1850 g/mol. The van der Waals surface area contributed by atoms with Gasteiger partial charge < -0.3 is 140 Å². The number of hydrogen-bond donors (Lipinski definition) is 30. The fraction of sp³-hybridized carbons (Fsp3) is 0.575. The molecule has 36 N–H and O–H groups in total. The number of hydrogen-bond acceptors (Lipinski definition) is 22. The minimum Gasteiger partial charge on any atom is -0.508 e. The molecule has 3 aromatic carbocycles. The SMILES string of the molecule is CCCCCCCCNC(=N)NCc1ccc(C(=O)N[C@@H](CCCNC(=N)N)C(=O)N[C@@H](C)C(=O)N[C@@H](Cc2ccc(O)cc2)C(=O)N[C@H](C(=O)N[C@@H](CC(N)=O)C(=O)N[C@@H](CC(C)C)C(=O)N[C@H](C(=O)N[C@H](C(=O)N[C@@H](CCCNC(=N)N)C(=O)N[C@@H](CCC(N)=O)C(=O)N[C@@H](CCCNC(=N)N)C(=O)N[C@@H](Cc2ccc(O)cc2)C(N)=O)[C@@H](C)O)[C@@H](C)CC)[C@@H](C)CC)cc1. The predicted molar refractivity (Wildman–Crippen MR) is 493 cm³/mol. The minimum absolute atomic E-state index is 0.0113. The first kappa shape index (κ1) is 113. The maximum atomic E-state index is 14.8. The van der Waals surface area contributed by atoms with Gasteiger partial charge in [-0.25, -0.2) is 0 Å². The third kappa shape index (κ3) is 43.6. The lowest BCUT2D eigenvalue weighted by Crippen LogP contribution is -2.63. The van der Waals surface area contributed by atoms with Crippen molar-refractivity contribution in [2.45, 2.75) is 276 Å². The second-order valence-corrected chi connectivity index (χ2v) is 33.2. The normalized spacial score (nSPS) is 14.4. The number of phenolic OH excluding ortho intramolecular Hbond substituents is 2. The summed E-state index contributed by atoms with van der Waals surface area (Å²) >= 11 is 0. The van der Waals surface area contributed by atoms with E-state index in [4.69, 9.17) is 56.0 Å². The third-order valence-corrected chi connectivity index (χ3v) is 21.5. The van der Waals surface area contributed by atoms with Crippen LogP contribution >= 0.6 is 0 Å². The molecular formula is C87H141N27O18. The van der Waals surface area contributed by atoms with Crippen LogP contribution in [-0.4, -0.2) is 233 Å². The van der Waals surface area contributed by atoms with Crippen molar-refractivity contribution < 1.29 is 87.2 Å². The van der Waals surface area contributed by atoms with Crippen molar-refractivity contribution in [1.82, 2.24) is 90.4 Å². The summed E-state index contributed by atoms with van der Waals surface area (Å²) in [5.41, 5.74) is 35.2. The zero-order chi connectivity index (χ0) is 98.9. The predicted octanol–water partition coefficient (Wildman–Crippen LogP) is -3.06. The summed E-state index contributed by atoms with van der Waals surface area (Å²) in [7, 11) is 0. The Morgan fingerprint density at radius 2 is 0.712 bits per heavy atom. The Morgan fingerprint density at radius 3 is 1.16 bits per heavy atom. The Hall–Kier alpha value is -13.7. The van der Waals surface area contributed by atoms with Gasteiger partial charge in [0.2, 0.25) is 82.7 Å². The first-order chi connectivity index (χ1) is 62.4. The summed E-state index contributed by atoms with van der Waals surface area (Å²) < 4.78 is 0. The molecule has 0 radical (unpaired) electrons. The lowest BCUT2D eigenvalue weighted by atomic mass is 9.95. The third-order valence-electron chi connectivity index (χ3n) is 21.5. The number of phenols is 2. The summed E-state index contributed by atoms with van der Waals surface area (Å²) in [6, 6.07) is -1.25. The van der Waals surface area contributed by atoms with Crippen LogP contribution in [0.1, 0.15) is 205 Å². The van der Waals surface area contributed by atoms with Crippen LogP contribution in [0.3, 0.4) is 0 Å². The molecule has 0 fully saturated rings. The second-order valence-electron chi connectivity index (χ2n) is 33.2. The molecule has 3 aromatic rings. The number of primary amides is 3. The molecule has 15 amide bonds. The van der Waals surface area contributed by atoms with E-state index < -0.39 is 216 Å². The molecular weight excluding hydrogens is 1710 g/mol. The summed E-state index contributed by atoms with van der Waals surface area (Å²) in [4.78, 5) is 211. The molecule has 15 atom stereocenters. The number of guanidine groups is 4. The van der Waals surface area contributed by atoms with Crippen molar-refractivity contribution in [2.75, 3.05) is 26.2 Å². The maximum Gasteiger partial charge on any atom is 0.251 e. The largest absolute Gasteiger partial charge is 0.508 e. The topological polar surface area (TPSA) is 773 Å². The van der Waals surface area contributed by atoms with Crippen molar-refractivity contribution in [3.63, 3.8) is 0 Å². The number of nitrogens with two attached hydrogens (primary N) is 6. The summed E-state index contributed by atoms with van der Waals surface area (Å²) in [6.07, 6.45) is 2.47. The molecule has 132 heavy (non-hydrogen) atoms. The number of aliphatic hydroxyl groups excluding tert-OH is 1. The lowest BCUT2D eigenvalue weighted by Gasteiger charge is -2.31. The highest BCUT2D eigenvalue weighted by molar-refractivity contribution is 6.02. The molecule has 0 aliphatic carbocycles. The summed E-state index contributed by atoms with van der Waals surface area (Å²) in [5, 5.41) is 107. The Morgan fingerprint density at radius 1 is 0.348 bits per heavy atom. The van der Waals surface area contributed by atoms with Crippen LogP contribution in [0.5, 0.6) is 11.5 Å². The summed E-state index contributed by atoms with van der Waals surface area (Å²) in [5.74, 6) is -18.2. The van der Waals surface area contributed by atoms with Crippen LogP contribution in [-0.2, 0) is 86.5 Å². The zero-order valence-electron chi connectivity index (χ0n) is 76.8. The van der Waals surface area contributed by atoms with Gasteiger partial charge in [0.05, 0.1) is 12.5 Å². The maximum absolute atomic E-state index is 14.8. The highest BCUT2D eigenvalue weighted by atomic mass is 16.3. The highest BCUT2D eigenvalue weighted by Gasteiger charge is 2.40. The van der Waals surface area contributed by atoms with Gasteiger partial charge in [0.15, 0.2) is 23.8 Å². The minimum atomic E-state index is -1.94. The van der Waals surface area contributed by atoms with E-state index in [1.54, 1.807) is 65.8 Å². The van der Waals surface area contributed by atoms with Gasteiger partial charge in [-0.3, -0.25) is 93.6 Å². The molecule has 45 heteroatoms. The van der Waals surface area contributed by atoms with E-state index in [1.807, 2.05) is 0 Å². The average molecular weight is 1850 g/mol. The van der Waals surface area contributed by atoms with Gasteiger partial charge in [-0.05, 0) is 142 Å². The molecule has 0 spiro atoms. The van der Waals surface area contributed by atoms with E-state index in [9.17, 15) is 87.2 Å². The van der Waals surface area contributed by atoms with Gasteiger partial charge in [0.1, 0.15) is 84.0 Å².